The minimum Gasteiger partial charge on any atom is -0.351 e. The summed E-state index contributed by atoms with van der Waals surface area (Å²) < 4.78 is 0. The van der Waals surface area contributed by atoms with Crippen molar-refractivity contribution in [1.82, 2.24) is 30.4 Å². The van der Waals surface area contributed by atoms with Gasteiger partial charge in [0.2, 0.25) is 5.91 Å². The van der Waals surface area contributed by atoms with E-state index in [4.69, 9.17) is 0 Å². The van der Waals surface area contributed by atoms with Gasteiger partial charge in [0, 0.05) is 19.7 Å². The molecule has 1 saturated heterocycles. The summed E-state index contributed by atoms with van der Waals surface area (Å²) >= 11 is 0. The average molecular weight is 326 g/mol. The van der Waals surface area contributed by atoms with Crippen LogP contribution < -0.4 is 5.32 Å². The van der Waals surface area contributed by atoms with Gasteiger partial charge in [-0.15, -0.1) is 0 Å². The van der Waals surface area contributed by atoms with Crippen molar-refractivity contribution in [3.63, 3.8) is 0 Å². The third-order valence-corrected chi connectivity index (χ3v) is 3.89. The molecule has 0 radical (unpaired) electrons. The Morgan fingerprint density at radius 1 is 1.29 bits per heavy atom. The van der Waals surface area contributed by atoms with Crippen LogP contribution >= 0.6 is 0 Å². The summed E-state index contributed by atoms with van der Waals surface area (Å²) in [6.45, 7) is 2.47. The fraction of sp³-hybridized carbons (Fsp3) is 0.375. The Morgan fingerprint density at radius 2 is 2.17 bits per heavy atom. The van der Waals surface area contributed by atoms with E-state index in [9.17, 15) is 9.59 Å². The van der Waals surface area contributed by atoms with Crippen molar-refractivity contribution in [2.45, 2.75) is 32.4 Å². The largest absolute Gasteiger partial charge is 0.351 e. The zero-order valence-electron chi connectivity index (χ0n) is 13.3. The quantitative estimate of drug-likeness (QED) is 0.895. The molecule has 0 bridgehead atoms. The summed E-state index contributed by atoms with van der Waals surface area (Å²) in [7, 11) is 0. The summed E-state index contributed by atoms with van der Waals surface area (Å²) in [6, 6.07) is 3.24. The number of nitrogens with zero attached hydrogens (tertiary/aromatic N) is 5. The highest BCUT2D eigenvalue weighted by Gasteiger charge is 2.32. The predicted octanol–water partition coefficient (Wildman–Crippen LogP) is 0.880. The highest BCUT2D eigenvalue weighted by atomic mass is 16.2. The van der Waals surface area contributed by atoms with Crippen LogP contribution in [0.1, 0.15) is 47.7 Å². The molecular formula is C16H18N6O2. The fourth-order valence-electron chi connectivity index (χ4n) is 2.75. The first kappa shape index (κ1) is 16.0. The summed E-state index contributed by atoms with van der Waals surface area (Å²) in [5.74, 6) is 0.395. The van der Waals surface area contributed by atoms with Gasteiger partial charge in [-0.1, -0.05) is 0 Å². The molecule has 1 aliphatic heterocycles. The Balaban J connectivity index is 1.79. The van der Waals surface area contributed by atoms with Crippen molar-refractivity contribution in [3.8, 4) is 0 Å². The third kappa shape index (κ3) is 3.53. The molecule has 3 heterocycles. The molecule has 24 heavy (non-hydrogen) atoms. The lowest BCUT2D eigenvalue weighted by atomic mass is 10.2. The first-order chi connectivity index (χ1) is 11.6. The standard InChI is InChI=1S/C16H18N6O2/c1-11(23)18-10-13-5-6-17-15(21-13)14-3-2-8-22(14)16(24)12-4-7-19-20-9-12/h4-7,9,14H,2-3,8,10H2,1H3,(H,18,23)/t14-/m0/s1. The summed E-state index contributed by atoms with van der Waals surface area (Å²) in [4.78, 5) is 34.3. The molecule has 1 fully saturated rings. The van der Waals surface area contributed by atoms with Gasteiger partial charge in [-0.25, -0.2) is 9.97 Å². The topological polar surface area (TPSA) is 101 Å². The van der Waals surface area contributed by atoms with Crippen molar-refractivity contribution in [1.29, 1.82) is 0 Å². The van der Waals surface area contributed by atoms with Crippen LogP contribution in [0.15, 0.2) is 30.7 Å². The van der Waals surface area contributed by atoms with Crippen LogP contribution in [0, 0.1) is 0 Å². The van der Waals surface area contributed by atoms with E-state index in [1.807, 2.05) is 0 Å². The van der Waals surface area contributed by atoms with Crippen LogP contribution in [0.2, 0.25) is 0 Å². The van der Waals surface area contributed by atoms with Crippen LogP contribution in [0.3, 0.4) is 0 Å². The Labute approximate surface area is 139 Å². The number of hydrogen-bond acceptors (Lipinski definition) is 6. The summed E-state index contributed by atoms with van der Waals surface area (Å²) in [5.41, 5.74) is 1.23. The molecule has 0 saturated carbocycles. The second kappa shape index (κ2) is 7.12. The van der Waals surface area contributed by atoms with E-state index in [-0.39, 0.29) is 17.9 Å². The fourth-order valence-corrected chi connectivity index (χ4v) is 2.75. The molecule has 2 aromatic rings. The van der Waals surface area contributed by atoms with E-state index >= 15 is 0 Å². The normalized spacial score (nSPS) is 16.9. The zero-order valence-corrected chi connectivity index (χ0v) is 13.3. The van der Waals surface area contributed by atoms with Gasteiger partial charge in [-0.2, -0.15) is 10.2 Å². The number of rotatable bonds is 4. The molecule has 2 amide bonds. The van der Waals surface area contributed by atoms with E-state index in [1.165, 1.54) is 19.3 Å². The molecule has 1 aliphatic rings. The number of likely N-dealkylation sites (tertiary alicyclic amines) is 1. The second-order valence-electron chi connectivity index (χ2n) is 5.60. The van der Waals surface area contributed by atoms with E-state index in [1.54, 1.807) is 23.2 Å². The first-order valence-corrected chi connectivity index (χ1v) is 7.79. The Morgan fingerprint density at radius 3 is 2.92 bits per heavy atom. The van der Waals surface area contributed by atoms with Crippen LogP contribution in [0.4, 0.5) is 0 Å². The number of carbonyl (C=O) groups excluding carboxylic acids is 2. The minimum absolute atomic E-state index is 0.0942. The van der Waals surface area contributed by atoms with Crippen molar-refractivity contribution < 1.29 is 9.59 Å². The lowest BCUT2D eigenvalue weighted by Gasteiger charge is -2.23. The number of carbonyl (C=O) groups is 2. The van der Waals surface area contributed by atoms with Crippen LogP contribution in [0.25, 0.3) is 0 Å². The molecule has 0 aliphatic carbocycles. The smallest absolute Gasteiger partial charge is 0.256 e. The molecule has 0 unspecified atom stereocenters. The monoisotopic (exact) mass is 326 g/mol. The molecule has 2 aromatic heterocycles. The third-order valence-electron chi connectivity index (χ3n) is 3.89. The Kier molecular flexibility index (Phi) is 4.74. The Bertz CT molecular complexity index is 736. The predicted molar refractivity (Wildman–Crippen MR) is 84.6 cm³/mol. The first-order valence-electron chi connectivity index (χ1n) is 7.79. The molecule has 124 valence electrons. The van der Waals surface area contributed by atoms with Crippen molar-refractivity contribution in [2.75, 3.05) is 6.54 Å². The van der Waals surface area contributed by atoms with Gasteiger partial charge in [0.05, 0.1) is 36.2 Å². The van der Waals surface area contributed by atoms with Gasteiger partial charge in [0.25, 0.3) is 5.91 Å². The second-order valence-corrected chi connectivity index (χ2v) is 5.60. The minimum atomic E-state index is -0.164. The average Bonchev–Trinajstić information content (AvgIpc) is 3.10. The maximum absolute atomic E-state index is 12.7. The van der Waals surface area contributed by atoms with Gasteiger partial charge in [0.15, 0.2) is 5.82 Å². The van der Waals surface area contributed by atoms with Crippen LogP contribution in [-0.4, -0.2) is 43.4 Å². The molecule has 0 aromatic carbocycles. The highest BCUT2D eigenvalue weighted by Crippen LogP contribution is 2.31. The number of nitrogens with one attached hydrogen (secondary N) is 1. The molecule has 8 nitrogen and oxygen atoms in total. The molecular weight excluding hydrogens is 308 g/mol. The van der Waals surface area contributed by atoms with Gasteiger partial charge in [-0.3, -0.25) is 9.59 Å². The lowest BCUT2D eigenvalue weighted by Crippen LogP contribution is -2.32. The van der Waals surface area contributed by atoms with Gasteiger partial charge in [-0.05, 0) is 25.0 Å². The van der Waals surface area contributed by atoms with Gasteiger partial charge < -0.3 is 10.2 Å². The molecule has 0 spiro atoms. The molecule has 1 N–H and O–H groups in total. The zero-order chi connectivity index (χ0) is 16.9. The SMILES string of the molecule is CC(=O)NCc1ccnc([C@@H]2CCCN2C(=O)c2ccnnc2)n1. The Hall–Kier alpha value is -2.90. The molecule has 8 heteroatoms. The van der Waals surface area contributed by atoms with Gasteiger partial charge in [0.1, 0.15) is 0 Å². The van der Waals surface area contributed by atoms with E-state index in [0.717, 1.165) is 18.5 Å². The van der Waals surface area contributed by atoms with E-state index < -0.39 is 0 Å². The molecule has 3 rings (SSSR count). The maximum atomic E-state index is 12.7. The number of amides is 2. The number of hydrogen-bond donors (Lipinski definition) is 1. The number of aromatic nitrogens is 4. The summed E-state index contributed by atoms with van der Waals surface area (Å²) in [6.07, 6.45) is 6.34. The van der Waals surface area contributed by atoms with E-state index in [2.05, 4.69) is 25.5 Å². The maximum Gasteiger partial charge on any atom is 0.256 e. The van der Waals surface area contributed by atoms with Gasteiger partial charge >= 0.3 is 0 Å². The molecule has 1 atom stereocenters. The van der Waals surface area contributed by atoms with Crippen molar-refractivity contribution in [3.05, 3.63) is 47.8 Å². The van der Waals surface area contributed by atoms with Crippen molar-refractivity contribution in [2.24, 2.45) is 0 Å². The van der Waals surface area contributed by atoms with Crippen LogP contribution in [0.5, 0.6) is 0 Å². The van der Waals surface area contributed by atoms with Crippen molar-refractivity contribution >= 4 is 11.8 Å². The van der Waals surface area contributed by atoms with Crippen LogP contribution in [-0.2, 0) is 11.3 Å². The van der Waals surface area contributed by atoms with E-state index in [0.29, 0.717) is 24.5 Å². The summed E-state index contributed by atoms with van der Waals surface area (Å²) in [5, 5.41) is 10.2. The highest BCUT2D eigenvalue weighted by molar-refractivity contribution is 5.94. The lowest BCUT2D eigenvalue weighted by molar-refractivity contribution is -0.119.